The Kier molecular flexibility index (Phi) is 4.60. The van der Waals surface area contributed by atoms with Gasteiger partial charge in [0.1, 0.15) is 0 Å². The minimum Gasteiger partial charge on any atom is -0.375 e. The second-order valence-corrected chi connectivity index (χ2v) is 7.58. The van der Waals surface area contributed by atoms with Crippen molar-refractivity contribution in [2.45, 2.75) is 13.5 Å². The number of rotatable bonds is 3. The average molecular weight is 390 g/mol. The van der Waals surface area contributed by atoms with E-state index in [9.17, 15) is 4.79 Å². The Morgan fingerprint density at radius 2 is 2.12 bits per heavy atom. The third-order valence-electron chi connectivity index (χ3n) is 4.75. The maximum absolute atomic E-state index is 13.2. The number of hydrogen-bond acceptors (Lipinski definition) is 6. The number of hydrogen-bond donors (Lipinski definition) is 2. The van der Waals surface area contributed by atoms with Crippen molar-refractivity contribution in [3.8, 4) is 11.3 Å². The van der Waals surface area contributed by atoms with Crippen molar-refractivity contribution < 1.29 is 0 Å². The number of piperazine rings is 1. The van der Waals surface area contributed by atoms with Crippen molar-refractivity contribution in [2.75, 3.05) is 36.8 Å². The molecule has 0 aliphatic carbocycles. The highest BCUT2D eigenvalue weighted by molar-refractivity contribution is 7.13. The molecule has 1 aromatic carbocycles. The molecule has 1 saturated heterocycles. The van der Waals surface area contributed by atoms with Gasteiger partial charge in [0.25, 0.3) is 0 Å². The molecule has 4 rings (SSSR count). The number of nitrogen functional groups attached to an aromatic ring is 1. The normalized spacial score (nSPS) is 14.9. The Morgan fingerprint density at radius 1 is 1.35 bits per heavy atom. The van der Waals surface area contributed by atoms with Gasteiger partial charge in [-0.15, -0.1) is 11.3 Å². The lowest BCUT2D eigenvalue weighted by molar-refractivity contribution is 0.589. The molecule has 0 spiro atoms. The monoisotopic (exact) mass is 389 g/mol. The number of nitrogens with one attached hydrogen (secondary N) is 1. The molecule has 6 nitrogen and oxygen atoms in total. The van der Waals surface area contributed by atoms with Gasteiger partial charge in [0.15, 0.2) is 10.6 Å². The lowest BCUT2D eigenvalue weighted by Gasteiger charge is -2.30. The van der Waals surface area contributed by atoms with E-state index in [1.807, 2.05) is 35.2 Å². The molecule has 1 fully saturated rings. The van der Waals surface area contributed by atoms with Crippen LogP contribution in [0.25, 0.3) is 22.2 Å². The zero-order valence-electron chi connectivity index (χ0n) is 14.5. The second kappa shape index (κ2) is 6.90. The number of anilines is 2. The maximum Gasteiger partial charge on any atom is 0.198 e. The zero-order valence-corrected chi connectivity index (χ0v) is 16.0. The number of thiazole rings is 1. The highest BCUT2D eigenvalue weighted by atomic mass is 35.5. The minimum atomic E-state index is -0.0388. The first-order valence-electron chi connectivity index (χ1n) is 8.62. The maximum atomic E-state index is 13.2. The fraction of sp³-hybridized carbons (Fsp3) is 0.333. The zero-order chi connectivity index (χ0) is 18.3. The largest absolute Gasteiger partial charge is 0.375 e. The summed E-state index contributed by atoms with van der Waals surface area (Å²) in [6.45, 7) is 6.33. The molecule has 3 aromatic rings. The predicted molar refractivity (Wildman–Crippen MR) is 109 cm³/mol. The molecular weight excluding hydrogens is 370 g/mol. The van der Waals surface area contributed by atoms with Crippen LogP contribution in [0, 0.1) is 0 Å². The van der Waals surface area contributed by atoms with Crippen LogP contribution >= 0.6 is 22.9 Å². The van der Waals surface area contributed by atoms with E-state index in [-0.39, 0.29) is 5.43 Å². The van der Waals surface area contributed by atoms with Crippen LogP contribution < -0.4 is 21.4 Å². The van der Waals surface area contributed by atoms with Crippen molar-refractivity contribution in [1.29, 1.82) is 0 Å². The Morgan fingerprint density at radius 3 is 2.77 bits per heavy atom. The number of aryl methyl sites for hydroxylation is 1. The summed E-state index contributed by atoms with van der Waals surface area (Å²) in [6, 6.07) is 3.83. The number of pyridine rings is 1. The van der Waals surface area contributed by atoms with E-state index in [2.05, 4.69) is 15.2 Å². The van der Waals surface area contributed by atoms with E-state index < -0.39 is 0 Å². The van der Waals surface area contributed by atoms with Gasteiger partial charge < -0.3 is 20.5 Å². The van der Waals surface area contributed by atoms with Crippen LogP contribution in [-0.4, -0.2) is 35.7 Å². The Balaban J connectivity index is 1.95. The molecule has 26 heavy (non-hydrogen) atoms. The summed E-state index contributed by atoms with van der Waals surface area (Å²) in [6.07, 6.45) is 1.85. The molecule has 8 heteroatoms. The quantitative estimate of drug-likeness (QED) is 0.720. The minimum absolute atomic E-state index is 0.0388. The van der Waals surface area contributed by atoms with Crippen molar-refractivity contribution in [1.82, 2.24) is 14.9 Å². The number of halogens is 1. The van der Waals surface area contributed by atoms with Crippen LogP contribution in [0.4, 0.5) is 10.8 Å². The van der Waals surface area contributed by atoms with Crippen molar-refractivity contribution >= 4 is 44.7 Å². The number of benzene rings is 1. The summed E-state index contributed by atoms with van der Waals surface area (Å²) >= 11 is 7.91. The van der Waals surface area contributed by atoms with Crippen molar-refractivity contribution in [3.63, 3.8) is 0 Å². The SMILES string of the molecule is CCn1cc(-c2csc(N)n2)c(=O)c2cc(N3CCNCC3)c(Cl)cc21. The van der Waals surface area contributed by atoms with Gasteiger partial charge in [-0.2, -0.15) is 0 Å². The van der Waals surface area contributed by atoms with Gasteiger partial charge in [-0.05, 0) is 19.1 Å². The average Bonchev–Trinajstić information content (AvgIpc) is 3.08. The molecule has 0 bridgehead atoms. The van der Waals surface area contributed by atoms with E-state index in [0.29, 0.717) is 26.8 Å². The van der Waals surface area contributed by atoms with Crippen LogP contribution in [0.2, 0.25) is 5.02 Å². The molecule has 0 unspecified atom stereocenters. The van der Waals surface area contributed by atoms with E-state index in [4.69, 9.17) is 17.3 Å². The van der Waals surface area contributed by atoms with Crippen LogP contribution in [0.5, 0.6) is 0 Å². The third kappa shape index (κ3) is 2.96. The fourth-order valence-corrected chi connectivity index (χ4v) is 4.24. The number of nitrogens with two attached hydrogens (primary N) is 1. The molecule has 0 amide bonds. The molecule has 3 heterocycles. The molecule has 3 N–H and O–H groups in total. The first kappa shape index (κ1) is 17.3. The number of nitrogens with zero attached hydrogens (tertiary/aromatic N) is 3. The molecule has 0 saturated carbocycles. The van der Waals surface area contributed by atoms with Gasteiger partial charge in [0, 0.05) is 49.7 Å². The fourth-order valence-electron chi connectivity index (χ4n) is 3.40. The van der Waals surface area contributed by atoms with Crippen LogP contribution in [0.15, 0.2) is 28.5 Å². The van der Waals surface area contributed by atoms with E-state index in [0.717, 1.165) is 43.9 Å². The number of aromatic nitrogens is 2. The Bertz CT molecular complexity index is 1020. The van der Waals surface area contributed by atoms with Crippen molar-refractivity contribution in [3.05, 3.63) is 39.0 Å². The summed E-state index contributed by atoms with van der Waals surface area (Å²) in [5.74, 6) is 0. The highest BCUT2D eigenvalue weighted by Crippen LogP contribution is 2.32. The smallest absolute Gasteiger partial charge is 0.198 e. The summed E-state index contributed by atoms with van der Waals surface area (Å²) in [4.78, 5) is 19.7. The molecule has 136 valence electrons. The molecule has 1 aliphatic heterocycles. The second-order valence-electron chi connectivity index (χ2n) is 6.29. The summed E-state index contributed by atoms with van der Waals surface area (Å²) in [5.41, 5.74) is 8.67. The Hall–Kier alpha value is -2.09. The van der Waals surface area contributed by atoms with Gasteiger partial charge in [-0.1, -0.05) is 11.6 Å². The lowest BCUT2D eigenvalue weighted by atomic mass is 10.1. The Labute approximate surface area is 160 Å². The molecule has 0 atom stereocenters. The van der Waals surface area contributed by atoms with Gasteiger partial charge >= 0.3 is 0 Å². The van der Waals surface area contributed by atoms with Crippen LogP contribution in [0.3, 0.4) is 0 Å². The van der Waals surface area contributed by atoms with Crippen LogP contribution in [-0.2, 0) is 6.54 Å². The molecular formula is C18H20ClN5OS. The summed E-state index contributed by atoms with van der Waals surface area (Å²) < 4.78 is 2.04. The van der Waals surface area contributed by atoms with Gasteiger partial charge in [-0.25, -0.2) is 4.98 Å². The third-order valence-corrected chi connectivity index (χ3v) is 5.72. The van der Waals surface area contributed by atoms with Crippen LogP contribution in [0.1, 0.15) is 6.92 Å². The lowest BCUT2D eigenvalue weighted by Crippen LogP contribution is -2.43. The standard InChI is InChI=1S/C18H20ClN5OS/c1-2-23-9-12(14-10-26-18(20)22-14)17(25)11-7-16(13(19)8-15(11)23)24-5-3-21-4-6-24/h7-10,21H,2-6H2,1H3,(H2,20,22). The molecule has 1 aliphatic rings. The van der Waals surface area contributed by atoms with Gasteiger partial charge in [-0.3, -0.25) is 4.79 Å². The number of fused-ring (bicyclic) bond motifs is 1. The van der Waals surface area contributed by atoms with Crippen molar-refractivity contribution in [2.24, 2.45) is 0 Å². The summed E-state index contributed by atoms with van der Waals surface area (Å²) in [7, 11) is 0. The topological polar surface area (TPSA) is 76.2 Å². The van der Waals surface area contributed by atoms with Gasteiger partial charge in [0.2, 0.25) is 0 Å². The first-order valence-corrected chi connectivity index (χ1v) is 9.88. The summed E-state index contributed by atoms with van der Waals surface area (Å²) in [5, 5.41) is 6.95. The highest BCUT2D eigenvalue weighted by Gasteiger charge is 2.18. The molecule has 2 aromatic heterocycles. The van der Waals surface area contributed by atoms with E-state index in [1.165, 1.54) is 11.3 Å². The molecule has 0 radical (unpaired) electrons. The predicted octanol–water partition coefficient (Wildman–Crippen LogP) is 2.79. The van der Waals surface area contributed by atoms with E-state index >= 15 is 0 Å². The first-order chi connectivity index (χ1) is 12.6. The van der Waals surface area contributed by atoms with Gasteiger partial charge in [0.05, 0.1) is 27.5 Å². The van der Waals surface area contributed by atoms with E-state index in [1.54, 1.807) is 0 Å².